The number of carbonyl (C=O) groups excluding carboxylic acids is 1. The quantitative estimate of drug-likeness (QED) is 0.641. The molecule has 0 unspecified atom stereocenters. The maximum absolute atomic E-state index is 12.6. The molecule has 3 rings (SSSR count). The van der Waals surface area contributed by atoms with Gasteiger partial charge in [-0.05, 0) is 53.9 Å². The van der Waals surface area contributed by atoms with Crippen LogP contribution in [0.5, 0.6) is 5.75 Å². The number of carbonyl (C=O) groups is 1. The summed E-state index contributed by atoms with van der Waals surface area (Å²) in [5, 5.41) is 4.82. The molecule has 1 aliphatic heterocycles. The minimum absolute atomic E-state index is 0.0931. The number of hydrogen-bond donors (Lipinski definition) is 1. The molecule has 0 bridgehead atoms. The van der Waals surface area contributed by atoms with E-state index in [-0.39, 0.29) is 5.91 Å². The van der Waals surface area contributed by atoms with Gasteiger partial charge in [0.25, 0.3) is 5.91 Å². The number of hydrogen-bond acceptors (Lipinski definition) is 5. The first-order chi connectivity index (χ1) is 15.1. The Balaban J connectivity index is 1.97. The predicted molar refractivity (Wildman–Crippen MR) is 128 cm³/mol. The Morgan fingerprint density at radius 1 is 1.23 bits per heavy atom. The highest BCUT2D eigenvalue weighted by Gasteiger charge is 2.21. The van der Waals surface area contributed by atoms with E-state index in [0.29, 0.717) is 23.8 Å². The highest BCUT2D eigenvalue weighted by molar-refractivity contribution is 7.12. The molecule has 0 saturated carbocycles. The lowest BCUT2D eigenvalue weighted by molar-refractivity contribution is 0.0961. The van der Waals surface area contributed by atoms with Crippen LogP contribution in [0.15, 0.2) is 60.2 Å². The van der Waals surface area contributed by atoms with E-state index in [0.717, 1.165) is 47.7 Å². The molecule has 0 atom stereocenters. The lowest BCUT2D eigenvalue weighted by Crippen LogP contribution is -2.27. The van der Waals surface area contributed by atoms with E-state index < -0.39 is 0 Å². The van der Waals surface area contributed by atoms with Crippen LogP contribution in [0.3, 0.4) is 0 Å². The van der Waals surface area contributed by atoms with Crippen LogP contribution in [-0.4, -0.2) is 50.7 Å². The molecule has 0 radical (unpaired) electrons. The normalized spacial score (nSPS) is 17.8. The van der Waals surface area contributed by atoms with Crippen molar-refractivity contribution in [2.45, 2.75) is 13.8 Å². The van der Waals surface area contributed by atoms with Crippen molar-refractivity contribution in [2.24, 2.45) is 0 Å². The Kier molecular flexibility index (Phi) is 8.09. The van der Waals surface area contributed by atoms with E-state index in [2.05, 4.69) is 30.6 Å². The van der Waals surface area contributed by atoms with Gasteiger partial charge in [0.05, 0.1) is 12.0 Å². The van der Waals surface area contributed by atoms with E-state index in [1.54, 1.807) is 7.11 Å². The molecule has 31 heavy (non-hydrogen) atoms. The van der Waals surface area contributed by atoms with E-state index in [1.165, 1.54) is 11.3 Å². The molecular formula is C25H30N2O3S. The lowest BCUT2D eigenvalue weighted by atomic mass is 9.92. The first kappa shape index (κ1) is 22.8. The highest BCUT2D eigenvalue weighted by Crippen LogP contribution is 2.38. The summed E-state index contributed by atoms with van der Waals surface area (Å²) in [5.41, 5.74) is 3.34. The fourth-order valence-electron chi connectivity index (χ4n) is 3.55. The number of thiophene rings is 1. The van der Waals surface area contributed by atoms with Gasteiger partial charge in [-0.3, -0.25) is 4.79 Å². The summed E-state index contributed by atoms with van der Waals surface area (Å²) in [4.78, 5) is 15.5. The molecule has 2 aromatic rings. The summed E-state index contributed by atoms with van der Waals surface area (Å²) in [7, 11) is 1.65. The van der Waals surface area contributed by atoms with Crippen LogP contribution in [0.1, 0.15) is 34.6 Å². The molecule has 2 heterocycles. The average molecular weight is 439 g/mol. The highest BCUT2D eigenvalue weighted by atomic mass is 32.1. The van der Waals surface area contributed by atoms with Gasteiger partial charge in [-0.15, -0.1) is 11.3 Å². The SMILES string of the molecule is C=C1/C(c2cccc(OCCN(CC)CC)c2)=C(OC)\C=C/CNC(=O)c2sccc21. The van der Waals surface area contributed by atoms with Crippen LogP contribution in [0.4, 0.5) is 0 Å². The van der Waals surface area contributed by atoms with Gasteiger partial charge in [-0.25, -0.2) is 0 Å². The van der Waals surface area contributed by atoms with Gasteiger partial charge in [0.15, 0.2) is 0 Å². The van der Waals surface area contributed by atoms with Crippen LogP contribution in [0.2, 0.25) is 0 Å². The molecule has 0 spiro atoms. The minimum Gasteiger partial charge on any atom is -0.496 e. The summed E-state index contributed by atoms with van der Waals surface area (Å²) in [6.45, 7) is 12.6. The van der Waals surface area contributed by atoms with E-state index in [1.807, 2.05) is 47.9 Å². The van der Waals surface area contributed by atoms with Gasteiger partial charge in [0, 0.05) is 24.2 Å². The van der Waals surface area contributed by atoms with Gasteiger partial charge in [0.2, 0.25) is 0 Å². The number of ether oxygens (including phenoxy) is 2. The zero-order valence-corrected chi connectivity index (χ0v) is 19.3. The smallest absolute Gasteiger partial charge is 0.262 e. The molecule has 0 aliphatic carbocycles. The molecule has 1 aromatic carbocycles. The lowest BCUT2D eigenvalue weighted by Gasteiger charge is -2.19. The largest absolute Gasteiger partial charge is 0.496 e. The van der Waals surface area contributed by atoms with E-state index >= 15 is 0 Å². The van der Waals surface area contributed by atoms with Crippen molar-refractivity contribution in [1.82, 2.24) is 10.2 Å². The number of likely N-dealkylation sites (N-methyl/N-ethyl adjacent to an activating group) is 1. The van der Waals surface area contributed by atoms with Crippen molar-refractivity contribution in [3.8, 4) is 5.75 Å². The Bertz CT molecular complexity index is 986. The van der Waals surface area contributed by atoms with Crippen LogP contribution in [0.25, 0.3) is 11.1 Å². The van der Waals surface area contributed by atoms with Crippen molar-refractivity contribution in [2.75, 3.05) is 39.9 Å². The van der Waals surface area contributed by atoms with Gasteiger partial charge in [-0.2, -0.15) is 0 Å². The van der Waals surface area contributed by atoms with Gasteiger partial charge < -0.3 is 19.7 Å². The second kappa shape index (κ2) is 11.0. The second-order valence-electron chi connectivity index (χ2n) is 7.10. The molecule has 1 aromatic heterocycles. The summed E-state index contributed by atoms with van der Waals surface area (Å²) in [6, 6.07) is 9.89. The first-order valence-electron chi connectivity index (χ1n) is 10.5. The average Bonchev–Trinajstić information content (AvgIpc) is 3.28. The molecular weight excluding hydrogens is 408 g/mol. The summed E-state index contributed by atoms with van der Waals surface area (Å²) < 4.78 is 11.8. The van der Waals surface area contributed by atoms with Crippen molar-refractivity contribution in [3.05, 3.63) is 76.2 Å². The van der Waals surface area contributed by atoms with Crippen molar-refractivity contribution in [3.63, 3.8) is 0 Å². The Morgan fingerprint density at radius 2 is 2.03 bits per heavy atom. The number of fused-ring (bicyclic) bond motifs is 1. The fourth-order valence-corrected chi connectivity index (χ4v) is 4.39. The van der Waals surface area contributed by atoms with Crippen LogP contribution >= 0.6 is 11.3 Å². The van der Waals surface area contributed by atoms with Crippen molar-refractivity contribution in [1.29, 1.82) is 0 Å². The van der Waals surface area contributed by atoms with Crippen LogP contribution in [0, 0.1) is 0 Å². The van der Waals surface area contributed by atoms with Gasteiger partial charge >= 0.3 is 0 Å². The number of rotatable bonds is 8. The topological polar surface area (TPSA) is 50.8 Å². The standard InChI is InChI=1S/C25H30N2O3S/c1-5-27(6-2)14-15-30-20-10-7-9-19(17-20)23-18(3)21-12-16-31-24(21)25(28)26-13-8-11-22(23)29-4/h7-12,16-17H,3,5-6,13-15H2,1-2,4H3,(H,26,28)/b11-8-,23-22-. The summed E-state index contributed by atoms with van der Waals surface area (Å²) in [5.74, 6) is 1.40. The first-order valence-corrected chi connectivity index (χ1v) is 11.4. The maximum Gasteiger partial charge on any atom is 0.262 e. The Morgan fingerprint density at radius 3 is 2.77 bits per heavy atom. The number of methoxy groups -OCH3 is 1. The number of allylic oxidation sites excluding steroid dienone is 3. The van der Waals surface area contributed by atoms with Gasteiger partial charge in [0.1, 0.15) is 18.1 Å². The van der Waals surface area contributed by atoms with Crippen molar-refractivity contribution >= 4 is 28.4 Å². The molecule has 1 aliphatic rings. The molecule has 5 nitrogen and oxygen atoms in total. The zero-order chi connectivity index (χ0) is 22.2. The Labute approximate surface area is 188 Å². The van der Waals surface area contributed by atoms with Gasteiger partial charge in [-0.1, -0.05) is 38.6 Å². The second-order valence-corrected chi connectivity index (χ2v) is 8.02. The van der Waals surface area contributed by atoms with Crippen LogP contribution in [-0.2, 0) is 4.74 Å². The molecule has 0 fully saturated rings. The molecule has 0 saturated heterocycles. The van der Waals surface area contributed by atoms with Crippen molar-refractivity contribution < 1.29 is 14.3 Å². The predicted octanol–water partition coefficient (Wildman–Crippen LogP) is 4.84. The Hall–Kier alpha value is -2.83. The monoisotopic (exact) mass is 438 g/mol. The number of nitrogens with one attached hydrogen (secondary N) is 1. The molecule has 6 heteroatoms. The third-order valence-corrected chi connectivity index (χ3v) is 6.22. The van der Waals surface area contributed by atoms with Crippen LogP contribution < -0.4 is 10.1 Å². The third-order valence-electron chi connectivity index (χ3n) is 5.31. The molecule has 1 amide bonds. The minimum atomic E-state index is -0.0931. The van der Waals surface area contributed by atoms with E-state index in [9.17, 15) is 4.79 Å². The maximum atomic E-state index is 12.6. The number of nitrogens with zero attached hydrogens (tertiary/aromatic N) is 1. The molecule has 164 valence electrons. The zero-order valence-electron chi connectivity index (χ0n) is 18.4. The summed E-state index contributed by atoms with van der Waals surface area (Å²) in [6.07, 6.45) is 3.76. The molecule has 1 N–H and O–H groups in total. The van der Waals surface area contributed by atoms with E-state index in [4.69, 9.17) is 9.47 Å². The third kappa shape index (κ3) is 5.46. The number of benzene rings is 1. The summed E-state index contributed by atoms with van der Waals surface area (Å²) >= 11 is 1.41. The fraction of sp³-hybridized carbons (Fsp3) is 0.320. The number of amides is 1.